The van der Waals surface area contributed by atoms with E-state index in [0.717, 1.165) is 0 Å². The third-order valence-electron chi connectivity index (χ3n) is 7.57. The normalized spacial score (nSPS) is 13.7. The summed E-state index contributed by atoms with van der Waals surface area (Å²) in [5, 5.41) is 11.4. The minimum atomic E-state index is -2.53. The second kappa shape index (κ2) is 7.28. The lowest BCUT2D eigenvalue weighted by atomic mass is 9.93. The van der Waals surface area contributed by atoms with Crippen LogP contribution in [-0.4, -0.2) is 8.07 Å². The van der Waals surface area contributed by atoms with Gasteiger partial charge in [0.1, 0.15) is 0 Å². The minimum absolute atomic E-state index is 1.31. The molecule has 0 aromatic heterocycles. The van der Waals surface area contributed by atoms with Crippen LogP contribution in [0, 0.1) is 6.92 Å². The fourth-order valence-electron chi connectivity index (χ4n) is 6.28. The molecule has 0 saturated heterocycles. The van der Waals surface area contributed by atoms with Gasteiger partial charge in [-0.3, -0.25) is 0 Å². The van der Waals surface area contributed by atoms with E-state index in [1.807, 2.05) is 0 Å². The summed E-state index contributed by atoms with van der Waals surface area (Å²) in [5.74, 6) is 0. The topological polar surface area (TPSA) is 0 Å². The molecule has 160 valence electrons. The van der Waals surface area contributed by atoms with E-state index in [9.17, 15) is 0 Å². The Morgan fingerprint density at radius 3 is 1.59 bits per heavy atom. The van der Waals surface area contributed by atoms with Gasteiger partial charge in [0.05, 0.1) is 0 Å². The summed E-state index contributed by atoms with van der Waals surface area (Å²) in [4.78, 5) is 0. The van der Waals surface area contributed by atoms with Gasteiger partial charge in [-0.2, -0.15) is 0 Å². The molecule has 0 radical (unpaired) electrons. The highest BCUT2D eigenvalue weighted by atomic mass is 28.3. The molecule has 1 heterocycles. The predicted molar refractivity (Wildman–Crippen MR) is 149 cm³/mol. The van der Waals surface area contributed by atoms with E-state index in [4.69, 9.17) is 0 Å². The van der Waals surface area contributed by atoms with Crippen LogP contribution in [0.25, 0.3) is 32.7 Å². The Bertz CT molecular complexity index is 1660. The standard InChI is InChI=1S/C33H24Si/c1-23-20-21-31-30(22-23)32-28-18-10-8-16-26(28)27-17-9-11-19-29(27)33(32)34(31,24-12-4-2-5-13-24)25-14-6-3-7-15-25/h2-22H,1H3. The van der Waals surface area contributed by atoms with Crippen LogP contribution in [0.3, 0.4) is 0 Å². The summed E-state index contributed by atoms with van der Waals surface area (Å²) in [6.45, 7) is 2.22. The van der Waals surface area contributed by atoms with Crippen molar-refractivity contribution in [3.8, 4) is 11.1 Å². The lowest BCUT2D eigenvalue weighted by molar-refractivity contribution is 1.49. The lowest BCUT2D eigenvalue weighted by Crippen LogP contribution is -2.73. The van der Waals surface area contributed by atoms with Crippen LogP contribution in [0.2, 0.25) is 0 Å². The van der Waals surface area contributed by atoms with Gasteiger partial charge < -0.3 is 0 Å². The first-order chi connectivity index (χ1) is 16.8. The van der Waals surface area contributed by atoms with Gasteiger partial charge in [-0.1, -0.05) is 133 Å². The molecule has 1 aliphatic heterocycles. The van der Waals surface area contributed by atoms with Crippen molar-refractivity contribution in [2.75, 3.05) is 0 Å². The number of benzene rings is 6. The zero-order valence-electron chi connectivity index (χ0n) is 19.1. The van der Waals surface area contributed by atoms with Gasteiger partial charge in [0, 0.05) is 0 Å². The van der Waals surface area contributed by atoms with Crippen LogP contribution >= 0.6 is 0 Å². The maximum Gasteiger partial charge on any atom is 0.181 e. The third-order valence-corrected chi connectivity index (χ3v) is 12.5. The zero-order valence-corrected chi connectivity index (χ0v) is 20.1. The highest BCUT2D eigenvalue weighted by Crippen LogP contribution is 2.39. The van der Waals surface area contributed by atoms with Crippen molar-refractivity contribution in [1.29, 1.82) is 0 Å². The summed E-state index contributed by atoms with van der Waals surface area (Å²) in [6.07, 6.45) is 0. The second-order valence-corrected chi connectivity index (χ2v) is 13.1. The smallest absolute Gasteiger partial charge is 0.0623 e. The SMILES string of the molecule is Cc1ccc2c(c1)-c1c(c3ccccc3c3ccccc13)[Si]2(c1ccccc1)c1ccccc1. The van der Waals surface area contributed by atoms with Crippen molar-refractivity contribution in [2.45, 2.75) is 6.92 Å². The lowest BCUT2D eigenvalue weighted by Gasteiger charge is -2.32. The summed E-state index contributed by atoms with van der Waals surface area (Å²) in [7, 11) is -2.53. The van der Waals surface area contributed by atoms with E-state index in [1.54, 1.807) is 5.19 Å². The van der Waals surface area contributed by atoms with Crippen molar-refractivity contribution >= 4 is 50.4 Å². The molecule has 1 aliphatic rings. The van der Waals surface area contributed by atoms with Gasteiger partial charge in [0.15, 0.2) is 8.07 Å². The molecule has 0 nitrogen and oxygen atoms in total. The van der Waals surface area contributed by atoms with Gasteiger partial charge in [0.2, 0.25) is 0 Å². The molecular formula is C33H24Si. The Morgan fingerprint density at radius 2 is 0.971 bits per heavy atom. The fourth-order valence-corrected chi connectivity index (χ4v) is 11.7. The molecule has 0 unspecified atom stereocenters. The van der Waals surface area contributed by atoms with E-state index in [-0.39, 0.29) is 0 Å². The van der Waals surface area contributed by atoms with Crippen LogP contribution in [0.4, 0.5) is 0 Å². The first-order valence-electron chi connectivity index (χ1n) is 12.0. The van der Waals surface area contributed by atoms with Gasteiger partial charge >= 0.3 is 0 Å². The Kier molecular flexibility index (Phi) is 4.18. The molecule has 0 fully saturated rings. The van der Waals surface area contributed by atoms with Crippen molar-refractivity contribution in [3.05, 3.63) is 133 Å². The number of fused-ring (bicyclic) bond motifs is 8. The molecule has 0 atom stereocenters. The molecule has 7 rings (SSSR count). The Labute approximate surface area is 201 Å². The molecule has 0 spiro atoms. The van der Waals surface area contributed by atoms with Gasteiger partial charge in [-0.15, -0.1) is 0 Å². The van der Waals surface area contributed by atoms with E-state index in [2.05, 4.69) is 134 Å². The summed E-state index contributed by atoms with van der Waals surface area (Å²) in [6, 6.07) is 47.8. The highest BCUT2D eigenvalue weighted by molar-refractivity contribution is 7.23. The van der Waals surface area contributed by atoms with Crippen LogP contribution in [0.15, 0.2) is 127 Å². The average Bonchev–Trinajstić information content (AvgIpc) is 3.21. The highest BCUT2D eigenvalue weighted by Gasteiger charge is 2.50. The van der Waals surface area contributed by atoms with Crippen LogP contribution in [-0.2, 0) is 0 Å². The van der Waals surface area contributed by atoms with Crippen LogP contribution < -0.4 is 20.7 Å². The maximum atomic E-state index is 2.43. The van der Waals surface area contributed by atoms with Crippen LogP contribution in [0.1, 0.15) is 5.56 Å². The van der Waals surface area contributed by atoms with Gasteiger partial charge in [-0.25, -0.2) is 0 Å². The largest absolute Gasteiger partial charge is 0.181 e. The van der Waals surface area contributed by atoms with Crippen molar-refractivity contribution in [1.82, 2.24) is 0 Å². The molecule has 0 aliphatic carbocycles. The minimum Gasteiger partial charge on any atom is -0.0623 e. The number of aryl methyl sites for hydroxylation is 1. The summed E-state index contributed by atoms with van der Waals surface area (Å²) in [5.41, 5.74) is 4.16. The fraction of sp³-hybridized carbons (Fsp3) is 0.0303. The Morgan fingerprint density at radius 1 is 0.471 bits per heavy atom. The second-order valence-electron chi connectivity index (χ2n) is 9.37. The molecular weight excluding hydrogens is 424 g/mol. The molecule has 1 heteroatoms. The van der Waals surface area contributed by atoms with Crippen molar-refractivity contribution in [3.63, 3.8) is 0 Å². The number of rotatable bonds is 2. The third kappa shape index (κ3) is 2.48. The van der Waals surface area contributed by atoms with E-state index < -0.39 is 8.07 Å². The first kappa shape index (κ1) is 19.5. The van der Waals surface area contributed by atoms with E-state index in [1.165, 1.54) is 53.8 Å². The molecule has 0 bridgehead atoms. The van der Waals surface area contributed by atoms with Crippen molar-refractivity contribution in [2.24, 2.45) is 0 Å². The molecule has 6 aromatic carbocycles. The zero-order chi connectivity index (χ0) is 22.7. The number of hydrogen-bond acceptors (Lipinski definition) is 0. The molecule has 0 amide bonds. The summed E-state index contributed by atoms with van der Waals surface area (Å²) >= 11 is 0. The van der Waals surface area contributed by atoms with Gasteiger partial charge in [-0.05, 0) is 60.3 Å². The van der Waals surface area contributed by atoms with E-state index >= 15 is 0 Å². The first-order valence-corrected chi connectivity index (χ1v) is 14.0. The maximum absolute atomic E-state index is 2.53. The quantitative estimate of drug-likeness (QED) is 0.236. The van der Waals surface area contributed by atoms with Gasteiger partial charge in [0.25, 0.3) is 0 Å². The Hall–Kier alpha value is -3.94. The number of hydrogen-bond donors (Lipinski definition) is 0. The summed E-state index contributed by atoms with van der Waals surface area (Å²) < 4.78 is 0. The molecule has 0 saturated carbocycles. The monoisotopic (exact) mass is 448 g/mol. The molecule has 34 heavy (non-hydrogen) atoms. The molecule has 0 N–H and O–H groups in total. The average molecular weight is 449 g/mol. The van der Waals surface area contributed by atoms with Crippen molar-refractivity contribution < 1.29 is 0 Å². The Balaban J connectivity index is 1.82. The molecule has 6 aromatic rings. The van der Waals surface area contributed by atoms with E-state index in [0.29, 0.717) is 0 Å². The van der Waals surface area contributed by atoms with Crippen LogP contribution in [0.5, 0.6) is 0 Å². The predicted octanol–water partition coefficient (Wildman–Crippen LogP) is 5.66.